The molecule has 9 heteroatoms. The number of alkyl halides is 3. The van der Waals surface area contributed by atoms with Crippen molar-refractivity contribution in [2.75, 3.05) is 5.43 Å². The molecular weight excluding hydrogens is 455 g/mol. The summed E-state index contributed by atoms with van der Waals surface area (Å²) >= 11 is 4.83. The highest BCUT2D eigenvalue weighted by Crippen LogP contribution is 2.30. The van der Waals surface area contributed by atoms with Gasteiger partial charge < -0.3 is 4.74 Å². The summed E-state index contributed by atoms with van der Waals surface area (Å²) in [5.74, 6) is 0.501. The molecule has 3 rings (SSSR count). The summed E-state index contributed by atoms with van der Waals surface area (Å²) in [5.41, 5.74) is 4.13. The fourth-order valence-electron chi connectivity index (χ4n) is 2.31. The maximum absolute atomic E-state index is 12.8. The lowest BCUT2D eigenvalue weighted by Gasteiger charge is -2.12. The SMILES string of the molecule is Cc1csc(NN=Cc2cc(Br)ccc2OCc2cccc(C(F)(F)F)c2)n1. The molecule has 0 aliphatic rings. The number of aromatic nitrogens is 1. The van der Waals surface area contributed by atoms with Gasteiger partial charge in [0.25, 0.3) is 0 Å². The second-order valence-electron chi connectivity index (χ2n) is 5.83. The summed E-state index contributed by atoms with van der Waals surface area (Å²) in [6, 6.07) is 10.4. The van der Waals surface area contributed by atoms with E-state index < -0.39 is 11.7 Å². The van der Waals surface area contributed by atoms with E-state index in [9.17, 15) is 13.2 Å². The van der Waals surface area contributed by atoms with E-state index in [2.05, 4.69) is 31.4 Å². The molecule has 1 heterocycles. The first kappa shape index (κ1) is 20.3. The van der Waals surface area contributed by atoms with Gasteiger partial charge >= 0.3 is 6.18 Å². The van der Waals surface area contributed by atoms with E-state index in [1.807, 2.05) is 12.3 Å². The van der Waals surface area contributed by atoms with Crippen molar-refractivity contribution in [3.63, 3.8) is 0 Å². The van der Waals surface area contributed by atoms with Gasteiger partial charge in [-0.3, -0.25) is 5.43 Å². The fourth-order valence-corrected chi connectivity index (χ4v) is 3.33. The Balaban J connectivity index is 1.72. The quantitative estimate of drug-likeness (QED) is 0.342. The molecule has 0 aliphatic heterocycles. The number of nitrogens with one attached hydrogen (secondary N) is 1. The molecule has 0 spiro atoms. The molecule has 28 heavy (non-hydrogen) atoms. The number of hydrazone groups is 1. The second kappa shape index (κ2) is 8.74. The van der Waals surface area contributed by atoms with Crippen LogP contribution >= 0.6 is 27.3 Å². The third kappa shape index (κ3) is 5.56. The third-order valence-electron chi connectivity index (χ3n) is 3.60. The van der Waals surface area contributed by atoms with E-state index in [0.717, 1.165) is 22.3 Å². The van der Waals surface area contributed by atoms with E-state index in [4.69, 9.17) is 4.74 Å². The predicted octanol–water partition coefficient (Wildman–Crippen LogP) is 6.26. The van der Waals surface area contributed by atoms with Crippen LogP contribution in [0.1, 0.15) is 22.4 Å². The number of nitrogens with zero attached hydrogens (tertiary/aromatic N) is 2. The number of rotatable bonds is 6. The molecule has 1 N–H and O–H groups in total. The Bertz CT molecular complexity index is 989. The zero-order valence-electron chi connectivity index (χ0n) is 14.6. The lowest BCUT2D eigenvalue weighted by atomic mass is 10.1. The van der Waals surface area contributed by atoms with Crippen LogP contribution in [-0.4, -0.2) is 11.2 Å². The minimum atomic E-state index is -4.38. The number of benzene rings is 2. The first-order chi connectivity index (χ1) is 13.3. The molecule has 0 radical (unpaired) electrons. The largest absolute Gasteiger partial charge is 0.488 e. The molecule has 1 aromatic heterocycles. The monoisotopic (exact) mass is 469 g/mol. The summed E-state index contributed by atoms with van der Waals surface area (Å²) in [6.45, 7) is 1.89. The third-order valence-corrected chi connectivity index (χ3v) is 4.96. The van der Waals surface area contributed by atoms with Crippen LogP contribution in [0.5, 0.6) is 5.75 Å². The predicted molar refractivity (Wildman–Crippen MR) is 108 cm³/mol. The average Bonchev–Trinajstić information content (AvgIpc) is 3.06. The fraction of sp³-hybridized carbons (Fsp3) is 0.158. The van der Waals surface area contributed by atoms with Gasteiger partial charge in [0.05, 0.1) is 17.5 Å². The minimum Gasteiger partial charge on any atom is -0.488 e. The van der Waals surface area contributed by atoms with E-state index >= 15 is 0 Å². The van der Waals surface area contributed by atoms with E-state index in [1.54, 1.807) is 30.5 Å². The molecule has 4 nitrogen and oxygen atoms in total. The van der Waals surface area contributed by atoms with Crippen molar-refractivity contribution in [3.05, 3.63) is 74.7 Å². The number of thiazole rings is 1. The molecule has 0 saturated heterocycles. The zero-order chi connectivity index (χ0) is 20.1. The number of aryl methyl sites for hydroxylation is 1. The van der Waals surface area contributed by atoms with Gasteiger partial charge in [-0.2, -0.15) is 18.3 Å². The molecule has 0 saturated carbocycles. The van der Waals surface area contributed by atoms with Gasteiger partial charge in [0.1, 0.15) is 12.4 Å². The van der Waals surface area contributed by atoms with Crippen LogP contribution < -0.4 is 10.2 Å². The molecule has 0 unspecified atom stereocenters. The summed E-state index contributed by atoms with van der Waals surface area (Å²) < 4.78 is 45.1. The topological polar surface area (TPSA) is 46.5 Å². The standard InChI is InChI=1S/C19H15BrF3N3OS/c1-12-11-28-18(25-12)26-24-9-14-8-16(20)5-6-17(14)27-10-13-3-2-4-15(7-13)19(21,22)23/h2-9,11H,10H2,1H3,(H,25,26). The molecule has 146 valence electrons. The summed E-state index contributed by atoms with van der Waals surface area (Å²) in [6.07, 6.45) is -2.81. The van der Waals surface area contributed by atoms with Crippen LogP contribution in [-0.2, 0) is 12.8 Å². The molecule has 0 aliphatic carbocycles. The summed E-state index contributed by atoms with van der Waals surface area (Å²) in [7, 11) is 0. The second-order valence-corrected chi connectivity index (χ2v) is 7.61. The van der Waals surface area contributed by atoms with Gasteiger partial charge in [-0.1, -0.05) is 28.1 Å². The Labute approximate surface area is 172 Å². The lowest BCUT2D eigenvalue weighted by Crippen LogP contribution is -2.06. The average molecular weight is 470 g/mol. The van der Waals surface area contributed by atoms with Crippen molar-refractivity contribution < 1.29 is 17.9 Å². The van der Waals surface area contributed by atoms with Gasteiger partial charge in [0.15, 0.2) is 0 Å². The van der Waals surface area contributed by atoms with Crippen LogP contribution in [0.25, 0.3) is 0 Å². The Morgan fingerprint density at radius 1 is 1.25 bits per heavy atom. The van der Waals surface area contributed by atoms with Gasteiger partial charge in [0.2, 0.25) is 5.13 Å². The van der Waals surface area contributed by atoms with Gasteiger partial charge in [-0.25, -0.2) is 4.98 Å². The minimum absolute atomic E-state index is 0.00545. The smallest absolute Gasteiger partial charge is 0.416 e. The lowest BCUT2D eigenvalue weighted by molar-refractivity contribution is -0.137. The highest BCUT2D eigenvalue weighted by atomic mass is 79.9. The highest BCUT2D eigenvalue weighted by molar-refractivity contribution is 9.10. The molecule has 0 atom stereocenters. The van der Waals surface area contributed by atoms with Crippen LogP contribution in [0.4, 0.5) is 18.3 Å². The van der Waals surface area contributed by atoms with Crippen LogP contribution in [0, 0.1) is 6.92 Å². The summed E-state index contributed by atoms with van der Waals surface area (Å²) in [5, 5.41) is 6.72. The molecule has 0 fully saturated rings. The Hall–Kier alpha value is -2.39. The van der Waals surface area contributed by atoms with Gasteiger partial charge in [0, 0.05) is 15.4 Å². The molecule has 2 aromatic carbocycles. The van der Waals surface area contributed by atoms with Crippen molar-refractivity contribution in [1.82, 2.24) is 4.98 Å². The van der Waals surface area contributed by atoms with Gasteiger partial charge in [-0.15, -0.1) is 11.3 Å². The molecule has 0 bridgehead atoms. The normalized spacial score (nSPS) is 11.8. The Morgan fingerprint density at radius 2 is 2.07 bits per heavy atom. The van der Waals surface area contributed by atoms with Crippen molar-refractivity contribution in [1.29, 1.82) is 0 Å². The molecule has 0 amide bonds. The van der Waals surface area contributed by atoms with E-state index in [0.29, 0.717) is 22.0 Å². The van der Waals surface area contributed by atoms with Gasteiger partial charge in [-0.05, 0) is 42.8 Å². The van der Waals surface area contributed by atoms with Crippen molar-refractivity contribution in [2.45, 2.75) is 19.7 Å². The first-order valence-corrected chi connectivity index (χ1v) is 9.78. The van der Waals surface area contributed by atoms with E-state index in [-0.39, 0.29) is 6.61 Å². The highest BCUT2D eigenvalue weighted by Gasteiger charge is 2.30. The maximum atomic E-state index is 12.8. The van der Waals surface area contributed by atoms with Crippen molar-refractivity contribution in [2.24, 2.45) is 5.10 Å². The van der Waals surface area contributed by atoms with Crippen LogP contribution in [0.15, 0.2) is 57.4 Å². The number of ether oxygens (including phenoxy) is 1. The Morgan fingerprint density at radius 3 is 2.79 bits per heavy atom. The van der Waals surface area contributed by atoms with Crippen molar-refractivity contribution in [3.8, 4) is 5.75 Å². The number of hydrogen-bond acceptors (Lipinski definition) is 5. The van der Waals surface area contributed by atoms with E-state index in [1.165, 1.54) is 17.4 Å². The molecule has 3 aromatic rings. The number of halogens is 4. The number of anilines is 1. The van der Waals surface area contributed by atoms with Crippen LogP contribution in [0.3, 0.4) is 0 Å². The Kier molecular flexibility index (Phi) is 6.35. The number of hydrogen-bond donors (Lipinski definition) is 1. The summed E-state index contributed by atoms with van der Waals surface area (Å²) in [4.78, 5) is 4.25. The first-order valence-electron chi connectivity index (χ1n) is 8.11. The zero-order valence-corrected chi connectivity index (χ0v) is 17.0. The van der Waals surface area contributed by atoms with Crippen LogP contribution in [0.2, 0.25) is 0 Å². The van der Waals surface area contributed by atoms with Crippen molar-refractivity contribution >= 4 is 38.6 Å². The maximum Gasteiger partial charge on any atom is 0.416 e. The molecular formula is C19H15BrF3N3OS.